The Balaban J connectivity index is 1.66. The summed E-state index contributed by atoms with van der Waals surface area (Å²) < 4.78 is 0. The van der Waals surface area contributed by atoms with Gasteiger partial charge in [-0.2, -0.15) is 11.8 Å². The zero-order chi connectivity index (χ0) is 16.2. The van der Waals surface area contributed by atoms with Crippen molar-refractivity contribution in [2.75, 3.05) is 36.5 Å². The van der Waals surface area contributed by atoms with E-state index in [1.165, 1.54) is 6.42 Å². The highest BCUT2D eigenvalue weighted by Gasteiger charge is 2.25. The summed E-state index contributed by atoms with van der Waals surface area (Å²) in [6.45, 7) is 2.51. The Bertz CT molecular complexity index is 571. The average Bonchev–Trinajstić information content (AvgIpc) is 3.01. The first-order valence-electron chi connectivity index (χ1n) is 8.37. The molecule has 2 amide bonds. The van der Waals surface area contributed by atoms with Crippen LogP contribution >= 0.6 is 11.8 Å². The summed E-state index contributed by atoms with van der Waals surface area (Å²) in [5.41, 5.74) is 1.63. The summed E-state index contributed by atoms with van der Waals surface area (Å²) in [5.74, 6) is 2.04. The van der Waals surface area contributed by atoms with Crippen LogP contribution in [0.25, 0.3) is 0 Å². The second-order valence-electron chi connectivity index (χ2n) is 6.41. The summed E-state index contributed by atoms with van der Waals surface area (Å²) >= 11 is 1.86. The highest BCUT2D eigenvalue weighted by atomic mass is 32.2. The topological polar surface area (TPSA) is 40.6 Å². The van der Waals surface area contributed by atoms with E-state index >= 15 is 0 Å². The lowest BCUT2D eigenvalue weighted by molar-refractivity contribution is -0.117. The number of nitrogens with zero attached hydrogens (tertiary/aromatic N) is 2. The smallest absolute Gasteiger partial charge is 0.253 e. The first kappa shape index (κ1) is 16.4. The van der Waals surface area contributed by atoms with Crippen molar-refractivity contribution in [3.63, 3.8) is 0 Å². The summed E-state index contributed by atoms with van der Waals surface area (Å²) in [6.07, 6.45) is 5.99. The minimum absolute atomic E-state index is 0.120. The molecule has 23 heavy (non-hydrogen) atoms. The van der Waals surface area contributed by atoms with E-state index in [0.29, 0.717) is 12.3 Å². The van der Waals surface area contributed by atoms with Crippen molar-refractivity contribution in [3.8, 4) is 0 Å². The van der Waals surface area contributed by atoms with Crippen LogP contribution in [-0.4, -0.2) is 48.4 Å². The van der Waals surface area contributed by atoms with Crippen LogP contribution in [0.4, 0.5) is 5.69 Å². The Morgan fingerprint density at radius 2 is 2.00 bits per heavy atom. The summed E-state index contributed by atoms with van der Waals surface area (Å²) in [4.78, 5) is 28.3. The van der Waals surface area contributed by atoms with Crippen molar-refractivity contribution in [1.29, 1.82) is 0 Å². The maximum Gasteiger partial charge on any atom is 0.253 e. The summed E-state index contributed by atoms with van der Waals surface area (Å²) in [6, 6.07) is 7.53. The first-order chi connectivity index (χ1) is 11.2. The minimum atomic E-state index is 0.120. The van der Waals surface area contributed by atoms with Gasteiger partial charge in [0.25, 0.3) is 5.91 Å². The van der Waals surface area contributed by atoms with Gasteiger partial charge >= 0.3 is 0 Å². The Hall–Kier alpha value is -1.49. The van der Waals surface area contributed by atoms with Crippen LogP contribution in [0.3, 0.4) is 0 Å². The molecule has 0 radical (unpaired) electrons. The lowest BCUT2D eigenvalue weighted by Crippen LogP contribution is -2.40. The molecule has 0 bridgehead atoms. The van der Waals surface area contributed by atoms with E-state index in [4.69, 9.17) is 0 Å². The van der Waals surface area contributed by atoms with Gasteiger partial charge in [-0.25, -0.2) is 0 Å². The molecule has 0 spiro atoms. The third-order valence-corrected chi connectivity index (χ3v) is 5.51. The number of rotatable bonds is 4. The number of benzene rings is 1. The molecule has 1 atom stereocenters. The third-order valence-electron chi connectivity index (χ3n) is 4.71. The van der Waals surface area contributed by atoms with Gasteiger partial charge in [0.15, 0.2) is 0 Å². The fourth-order valence-electron chi connectivity index (χ4n) is 3.51. The van der Waals surface area contributed by atoms with E-state index in [1.807, 2.05) is 45.8 Å². The van der Waals surface area contributed by atoms with Gasteiger partial charge in [0.2, 0.25) is 5.91 Å². The maximum absolute atomic E-state index is 12.7. The largest absolute Gasteiger partial charge is 0.338 e. The van der Waals surface area contributed by atoms with Crippen LogP contribution in [0, 0.1) is 5.92 Å². The van der Waals surface area contributed by atoms with Crippen LogP contribution < -0.4 is 4.90 Å². The Kier molecular flexibility index (Phi) is 5.26. The van der Waals surface area contributed by atoms with Gasteiger partial charge in [-0.15, -0.1) is 0 Å². The van der Waals surface area contributed by atoms with Crippen molar-refractivity contribution in [2.45, 2.75) is 25.7 Å². The molecule has 2 saturated heterocycles. The molecule has 1 aromatic carbocycles. The number of carbonyl (C=O) groups excluding carboxylic acids is 2. The van der Waals surface area contributed by atoms with E-state index in [1.54, 1.807) is 0 Å². The molecule has 0 aromatic heterocycles. The molecule has 0 unspecified atom stereocenters. The quantitative estimate of drug-likeness (QED) is 0.851. The minimum Gasteiger partial charge on any atom is -0.338 e. The molecular weight excluding hydrogens is 308 g/mol. The Morgan fingerprint density at radius 1 is 1.22 bits per heavy atom. The average molecular weight is 332 g/mol. The SMILES string of the molecule is CSC[C@@H]1CCCN(C(=O)c2ccc(N3CCCC3=O)cc2)C1. The number of thioether (sulfide) groups is 1. The molecule has 5 heteroatoms. The predicted octanol–water partition coefficient (Wildman–Crippen LogP) is 3.03. The fraction of sp³-hybridized carbons (Fsp3) is 0.556. The Morgan fingerprint density at radius 3 is 2.65 bits per heavy atom. The van der Waals surface area contributed by atoms with Crippen LogP contribution in [0.2, 0.25) is 0 Å². The van der Waals surface area contributed by atoms with Gasteiger partial charge in [-0.3, -0.25) is 9.59 Å². The molecule has 1 aromatic rings. The van der Waals surface area contributed by atoms with E-state index in [9.17, 15) is 9.59 Å². The number of hydrogen-bond acceptors (Lipinski definition) is 3. The van der Waals surface area contributed by atoms with Crippen molar-refractivity contribution in [1.82, 2.24) is 4.90 Å². The monoisotopic (exact) mass is 332 g/mol. The molecule has 2 aliphatic heterocycles. The summed E-state index contributed by atoms with van der Waals surface area (Å²) in [5, 5.41) is 0. The number of hydrogen-bond donors (Lipinski definition) is 0. The zero-order valence-electron chi connectivity index (χ0n) is 13.7. The number of anilines is 1. The normalized spacial score (nSPS) is 21.8. The lowest BCUT2D eigenvalue weighted by atomic mass is 9.99. The van der Waals surface area contributed by atoms with Crippen LogP contribution in [0.1, 0.15) is 36.0 Å². The van der Waals surface area contributed by atoms with Crippen molar-refractivity contribution in [2.24, 2.45) is 5.92 Å². The number of likely N-dealkylation sites (tertiary alicyclic amines) is 1. The predicted molar refractivity (Wildman–Crippen MR) is 95.0 cm³/mol. The highest BCUT2D eigenvalue weighted by molar-refractivity contribution is 7.98. The zero-order valence-corrected chi connectivity index (χ0v) is 14.5. The Labute approximate surface area is 142 Å². The van der Waals surface area contributed by atoms with Crippen LogP contribution in [0.15, 0.2) is 24.3 Å². The van der Waals surface area contributed by atoms with E-state index in [2.05, 4.69) is 6.26 Å². The molecule has 0 N–H and O–H groups in total. The van der Waals surface area contributed by atoms with Gasteiger partial charge < -0.3 is 9.80 Å². The van der Waals surface area contributed by atoms with Crippen molar-refractivity contribution in [3.05, 3.63) is 29.8 Å². The molecule has 2 heterocycles. The molecule has 124 valence electrons. The van der Waals surface area contributed by atoms with Gasteiger partial charge in [0.1, 0.15) is 0 Å². The molecular formula is C18H24N2O2S. The lowest BCUT2D eigenvalue weighted by Gasteiger charge is -2.32. The number of piperidine rings is 1. The van der Waals surface area contributed by atoms with Gasteiger partial charge in [-0.05, 0) is 61.5 Å². The summed E-state index contributed by atoms with van der Waals surface area (Å²) in [7, 11) is 0. The van der Waals surface area contributed by atoms with E-state index in [0.717, 1.165) is 49.5 Å². The standard InChI is InChI=1S/C18H24N2O2S/c1-23-13-14-4-2-10-19(12-14)18(22)15-6-8-16(9-7-15)20-11-3-5-17(20)21/h6-9,14H,2-5,10-13H2,1H3/t14-/m1/s1. The number of amides is 2. The second kappa shape index (κ2) is 7.39. The molecule has 4 nitrogen and oxygen atoms in total. The van der Waals surface area contributed by atoms with Crippen LogP contribution in [0.5, 0.6) is 0 Å². The molecule has 0 aliphatic carbocycles. The molecule has 2 aliphatic rings. The van der Waals surface area contributed by atoms with E-state index < -0.39 is 0 Å². The number of carbonyl (C=O) groups is 2. The molecule has 0 saturated carbocycles. The van der Waals surface area contributed by atoms with E-state index in [-0.39, 0.29) is 11.8 Å². The van der Waals surface area contributed by atoms with Gasteiger partial charge in [0, 0.05) is 37.3 Å². The third kappa shape index (κ3) is 3.71. The van der Waals surface area contributed by atoms with Crippen molar-refractivity contribution < 1.29 is 9.59 Å². The first-order valence-corrected chi connectivity index (χ1v) is 9.77. The molecule has 3 rings (SSSR count). The highest BCUT2D eigenvalue weighted by Crippen LogP contribution is 2.24. The van der Waals surface area contributed by atoms with Crippen LogP contribution in [-0.2, 0) is 4.79 Å². The van der Waals surface area contributed by atoms with Crippen molar-refractivity contribution >= 4 is 29.3 Å². The fourth-order valence-corrected chi connectivity index (χ4v) is 4.25. The van der Waals surface area contributed by atoms with Gasteiger partial charge in [0.05, 0.1) is 0 Å². The van der Waals surface area contributed by atoms with Gasteiger partial charge in [-0.1, -0.05) is 0 Å². The second-order valence-corrected chi connectivity index (χ2v) is 7.32. The molecule has 2 fully saturated rings. The maximum atomic E-state index is 12.7.